The zero-order valence-corrected chi connectivity index (χ0v) is 25.2. The van der Waals surface area contributed by atoms with E-state index in [4.69, 9.17) is 14.2 Å². The zero-order valence-electron chi connectivity index (χ0n) is 23.6. The van der Waals surface area contributed by atoms with E-state index in [9.17, 15) is 9.59 Å². The molecule has 11 heteroatoms. The standard InChI is InChI=1S/C30H32N4O5S2/c1-7-14-34-27(20(4)39-22-12-10-21(37-5)11-13-22)32-33-30(34)41-17-25(35)31-28-26(29(36)38-6)24(16-40-28)23-15-18(2)8-9-19(23)3/h7-13,15-16,20H,1,14,17H2,2-6H3,(H,31,35). The summed E-state index contributed by atoms with van der Waals surface area (Å²) in [6.07, 6.45) is 1.33. The number of rotatable bonds is 12. The number of ether oxygens (including phenoxy) is 3. The fourth-order valence-corrected chi connectivity index (χ4v) is 5.91. The summed E-state index contributed by atoms with van der Waals surface area (Å²) >= 11 is 2.53. The molecule has 1 N–H and O–H groups in total. The van der Waals surface area contributed by atoms with Crippen molar-refractivity contribution in [1.82, 2.24) is 14.8 Å². The summed E-state index contributed by atoms with van der Waals surface area (Å²) in [5, 5.41) is 14.4. The smallest absolute Gasteiger partial charge is 0.341 e. The molecular weight excluding hydrogens is 560 g/mol. The molecule has 0 fully saturated rings. The summed E-state index contributed by atoms with van der Waals surface area (Å²) in [7, 11) is 2.94. The van der Waals surface area contributed by atoms with Crippen molar-refractivity contribution in [3.05, 3.63) is 83.0 Å². The number of hydrogen-bond acceptors (Lipinski definition) is 9. The molecule has 0 aliphatic rings. The van der Waals surface area contributed by atoms with Gasteiger partial charge in [0.15, 0.2) is 17.1 Å². The van der Waals surface area contributed by atoms with Crippen molar-refractivity contribution in [1.29, 1.82) is 0 Å². The van der Waals surface area contributed by atoms with Gasteiger partial charge in [0.2, 0.25) is 5.91 Å². The lowest BCUT2D eigenvalue weighted by atomic mass is 9.97. The Morgan fingerprint density at radius 1 is 1.10 bits per heavy atom. The second-order valence-electron chi connectivity index (χ2n) is 9.18. The van der Waals surface area contributed by atoms with Crippen molar-refractivity contribution < 1.29 is 23.8 Å². The highest BCUT2D eigenvalue weighted by Gasteiger charge is 2.24. The summed E-state index contributed by atoms with van der Waals surface area (Å²) < 4.78 is 18.2. The van der Waals surface area contributed by atoms with Gasteiger partial charge in [0.05, 0.1) is 20.0 Å². The van der Waals surface area contributed by atoms with E-state index < -0.39 is 12.1 Å². The topological polar surface area (TPSA) is 105 Å². The van der Waals surface area contributed by atoms with Crippen LogP contribution in [-0.2, 0) is 16.1 Å². The zero-order chi connectivity index (χ0) is 29.5. The number of amides is 1. The summed E-state index contributed by atoms with van der Waals surface area (Å²) in [5.41, 5.74) is 4.09. The third-order valence-corrected chi connectivity index (χ3v) is 8.10. The lowest BCUT2D eigenvalue weighted by Crippen LogP contribution is -2.17. The number of aryl methyl sites for hydroxylation is 2. The van der Waals surface area contributed by atoms with Crippen LogP contribution in [0.25, 0.3) is 11.1 Å². The van der Waals surface area contributed by atoms with E-state index in [1.54, 1.807) is 13.2 Å². The number of anilines is 1. The number of benzene rings is 2. The number of carbonyl (C=O) groups excluding carboxylic acids is 2. The quantitative estimate of drug-likeness (QED) is 0.113. The molecule has 0 aliphatic heterocycles. The minimum Gasteiger partial charge on any atom is -0.497 e. The van der Waals surface area contributed by atoms with Crippen LogP contribution >= 0.6 is 23.1 Å². The normalized spacial score (nSPS) is 11.5. The Bertz CT molecular complexity index is 1540. The molecule has 1 amide bonds. The van der Waals surface area contributed by atoms with Gasteiger partial charge in [-0.1, -0.05) is 41.6 Å². The SMILES string of the molecule is C=CCn1c(SCC(=O)Nc2scc(-c3cc(C)ccc3C)c2C(=O)OC)nnc1C(C)Oc1ccc(OC)cc1. The Morgan fingerprint density at radius 3 is 2.51 bits per heavy atom. The molecule has 4 aromatic rings. The number of carbonyl (C=O) groups is 2. The van der Waals surface area contributed by atoms with Gasteiger partial charge in [-0.3, -0.25) is 9.36 Å². The van der Waals surface area contributed by atoms with Crippen LogP contribution in [0.5, 0.6) is 11.5 Å². The number of esters is 1. The first-order valence-electron chi connectivity index (χ1n) is 12.8. The maximum absolute atomic E-state index is 13.0. The summed E-state index contributed by atoms with van der Waals surface area (Å²) in [6.45, 7) is 10.1. The van der Waals surface area contributed by atoms with Gasteiger partial charge in [0.1, 0.15) is 22.1 Å². The van der Waals surface area contributed by atoms with E-state index in [1.165, 1.54) is 30.2 Å². The molecule has 0 bridgehead atoms. The molecule has 0 saturated carbocycles. The Morgan fingerprint density at radius 2 is 1.83 bits per heavy atom. The molecule has 1 unspecified atom stereocenters. The maximum atomic E-state index is 13.0. The van der Waals surface area contributed by atoms with Gasteiger partial charge in [0.25, 0.3) is 0 Å². The number of allylic oxidation sites excluding steroid dienone is 1. The lowest BCUT2D eigenvalue weighted by Gasteiger charge is -2.16. The molecule has 4 rings (SSSR count). The second-order valence-corrected chi connectivity index (χ2v) is 11.0. The molecule has 2 aromatic carbocycles. The summed E-state index contributed by atoms with van der Waals surface area (Å²) in [6, 6.07) is 13.3. The third-order valence-electron chi connectivity index (χ3n) is 6.24. The van der Waals surface area contributed by atoms with Crippen LogP contribution in [0.15, 0.2) is 65.7 Å². The van der Waals surface area contributed by atoms with E-state index in [0.29, 0.717) is 33.8 Å². The second kappa shape index (κ2) is 13.5. The number of aromatic nitrogens is 3. The van der Waals surface area contributed by atoms with Gasteiger partial charge in [-0.05, 0) is 56.2 Å². The van der Waals surface area contributed by atoms with Gasteiger partial charge in [-0.25, -0.2) is 4.79 Å². The molecule has 0 aliphatic carbocycles. The van der Waals surface area contributed by atoms with Gasteiger partial charge in [-0.2, -0.15) is 0 Å². The van der Waals surface area contributed by atoms with Crippen LogP contribution in [0.3, 0.4) is 0 Å². The Labute approximate surface area is 247 Å². The fraction of sp³-hybridized carbons (Fsp3) is 0.267. The first kappa shape index (κ1) is 29.9. The van der Waals surface area contributed by atoms with Crippen LogP contribution in [-0.4, -0.2) is 46.6 Å². The van der Waals surface area contributed by atoms with E-state index in [0.717, 1.165) is 28.0 Å². The van der Waals surface area contributed by atoms with Crippen molar-refractivity contribution in [2.75, 3.05) is 25.3 Å². The number of hydrogen-bond donors (Lipinski definition) is 1. The van der Waals surface area contributed by atoms with E-state index in [-0.39, 0.29) is 11.7 Å². The Kier molecular flexibility index (Phi) is 9.85. The number of methoxy groups -OCH3 is 2. The molecule has 2 heterocycles. The van der Waals surface area contributed by atoms with Gasteiger partial charge >= 0.3 is 5.97 Å². The van der Waals surface area contributed by atoms with Crippen LogP contribution < -0.4 is 14.8 Å². The molecule has 0 spiro atoms. The summed E-state index contributed by atoms with van der Waals surface area (Å²) in [4.78, 5) is 25.8. The fourth-order valence-electron chi connectivity index (χ4n) is 4.19. The van der Waals surface area contributed by atoms with Gasteiger partial charge in [-0.15, -0.1) is 28.1 Å². The van der Waals surface area contributed by atoms with Crippen LogP contribution in [0, 0.1) is 13.8 Å². The molecule has 9 nitrogen and oxygen atoms in total. The van der Waals surface area contributed by atoms with Crippen molar-refractivity contribution >= 4 is 40.0 Å². The Hall–Kier alpha value is -4.09. The molecule has 41 heavy (non-hydrogen) atoms. The van der Waals surface area contributed by atoms with Crippen LogP contribution in [0.4, 0.5) is 5.00 Å². The summed E-state index contributed by atoms with van der Waals surface area (Å²) in [5.74, 6) is 1.27. The highest BCUT2D eigenvalue weighted by molar-refractivity contribution is 7.99. The molecule has 0 radical (unpaired) electrons. The number of thiophene rings is 1. The minimum absolute atomic E-state index is 0.0559. The van der Waals surface area contributed by atoms with Gasteiger partial charge in [0, 0.05) is 17.5 Å². The minimum atomic E-state index is -0.508. The largest absolute Gasteiger partial charge is 0.497 e. The predicted octanol–water partition coefficient (Wildman–Crippen LogP) is 6.48. The van der Waals surface area contributed by atoms with Crippen LogP contribution in [0.2, 0.25) is 0 Å². The average Bonchev–Trinajstić information content (AvgIpc) is 3.57. The monoisotopic (exact) mass is 592 g/mol. The van der Waals surface area contributed by atoms with Crippen LogP contribution in [0.1, 0.15) is 40.3 Å². The van der Waals surface area contributed by atoms with Crippen molar-refractivity contribution in [3.63, 3.8) is 0 Å². The van der Waals surface area contributed by atoms with E-state index in [2.05, 4.69) is 22.1 Å². The average molecular weight is 593 g/mol. The van der Waals surface area contributed by atoms with Crippen molar-refractivity contribution in [3.8, 4) is 22.6 Å². The number of nitrogens with zero attached hydrogens (tertiary/aromatic N) is 3. The number of thioether (sulfide) groups is 1. The molecular formula is C30H32N4O5S2. The highest BCUT2D eigenvalue weighted by Crippen LogP contribution is 2.38. The predicted molar refractivity (Wildman–Crippen MR) is 162 cm³/mol. The maximum Gasteiger partial charge on any atom is 0.341 e. The number of nitrogens with one attached hydrogen (secondary N) is 1. The first-order valence-corrected chi connectivity index (χ1v) is 14.7. The first-order chi connectivity index (χ1) is 19.7. The molecule has 0 saturated heterocycles. The molecule has 2 aromatic heterocycles. The lowest BCUT2D eigenvalue weighted by molar-refractivity contribution is -0.113. The Balaban J connectivity index is 1.48. The molecule has 1 atom stereocenters. The van der Waals surface area contributed by atoms with Gasteiger partial charge < -0.3 is 19.5 Å². The van der Waals surface area contributed by atoms with E-state index in [1.807, 2.05) is 73.2 Å². The van der Waals surface area contributed by atoms with Crippen molar-refractivity contribution in [2.24, 2.45) is 0 Å². The van der Waals surface area contributed by atoms with Crippen molar-refractivity contribution in [2.45, 2.75) is 38.6 Å². The van der Waals surface area contributed by atoms with E-state index >= 15 is 0 Å². The molecule has 214 valence electrons. The highest BCUT2D eigenvalue weighted by atomic mass is 32.2. The third kappa shape index (κ3) is 6.98.